The van der Waals surface area contributed by atoms with Crippen LogP contribution in [0, 0.1) is 11.8 Å². The van der Waals surface area contributed by atoms with Gasteiger partial charge in [-0.15, -0.1) is 0 Å². The number of nitrogens with zero attached hydrogens (tertiary/aromatic N) is 2. The fourth-order valence-electron chi connectivity index (χ4n) is 5.94. The molecule has 12 heteroatoms. The number of ether oxygens (including phenoxy) is 2. The molecule has 2 heterocycles. The van der Waals surface area contributed by atoms with Crippen molar-refractivity contribution in [3.8, 4) is 17.6 Å². The van der Waals surface area contributed by atoms with Crippen LogP contribution in [0.2, 0.25) is 0 Å². The predicted molar refractivity (Wildman–Crippen MR) is 163 cm³/mol. The van der Waals surface area contributed by atoms with Crippen LogP contribution in [0.4, 0.5) is 24.5 Å². The number of aromatic nitrogens is 1. The van der Waals surface area contributed by atoms with Crippen molar-refractivity contribution in [2.24, 2.45) is 0 Å². The van der Waals surface area contributed by atoms with Crippen molar-refractivity contribution < 1.29 is 31.4 Å². The van der Waals surface area contributed by atoms with E-state index in [-0.39, 0.29) is 23.2 Å². The van der Waals surface area contributed by atoms with Gasteiger partial charge in [0.1, 0.15) is 18.6 Å². The molecule has 2 aromatic carbocycles. The third-order valence-corrected chi connectivity index (χ3v) is 9.22. The summed E-state index contributed by atoms with van der Waals surface area (Å²) in [4.78, 5) is 2.74. The number of alkyl halides is 3. The van der Waals surface area contributed by atoms with Crippen molar-refractivity contribution in [1.82, 2.24) is 9.47 Å². The Morgan fingerprint density at radius 2 is 1.84 bits per heavy atom. The van der Waals surface area contributed by atoms with E-state index in [1.165, 1.54) is 30.1 Å². The zero-order chi connectivity index (χ0) is 30.6. The molecule has 1 saturated carbocycles. The number of halogens is 3. The molecule has 1 saturated heterocycles. The summed E-state index contributed by atoms with van der Waals surface area (Å²) in [5, 5.41) is 7.41. The molecule has 1 atom stereocenters. The lowest BCUT2D eigenvalue weighted by Crippen LogP contribution is -2.46. The van der Waals surface area contributed by atoms with Crippen molar-refractivity contribution in [3.63, 3.8) is 0 Å². The summed E-state index contributed by atoms with van der Waals surface area (Å²) in [5.41, 5.74) is 2.12. The molecule has 5 rings (SSSR count). The minimum absolute atomic E-state index is 0.126. The summed E-state index contributed by atoms with van der Waals surface area (Å²) in [6, 6.07) is 12.5. The standard InChI is InChI=1S/C31H37F3N4O4S/c1-41-30-20-25(43(2,39)40)12-13-28(30)35-14-4-5-24-19-26-27(6-3-7-29(26)38(24)21-31(32,33)34)36-22-8-10-23(11-9-22)37-15-17-42-18-16-37/h3,6-7,12-13,19-20,22-23,35-36H,8-11,14-18,21H2,1-2H3/p+1. The van der Waals surface area contributed by atoms with Crippen LogP contribution in [0.1, 0.15) is 31.4 Å². The summed E-state index contributed by atoms with van der Waals surface area (Å²) in [5.74, 6) is 6.21. The van der Waals surface area contributed by atoms with Crippen LogP contribution < -0.4 is 15.4 Å². The molecule has 43 heavy (non-hydrogen) atoms. The third-order valence-electron chi connectivity index (χ3n) is 8.10. The van der Waals surface area contributed by atoms with Gasteiger partial charge in [0.25, 0.3) is 0 Å². The number of rotatable bonds is 8. The topological polar surface area (TPSA) is 88.0 Å². The van der Waals surface area contributed by atoms with Crippen LogP contribution in [-0.2, 0) is 25.7 Å². The first-order valence-electron chi connectivity index (χ1n) is 14.4. The van der Waals surface area contributed by atoms with Crippen LogP contribution >= 0.6 is 0 Å². The first kappa shape index (κ1) is 31.2. The van der Waals surface area contributed by atoms with E-state index >= 15 is 0 Å². The van der Waals surface area contributed by atoms with E-state index in [1.54, 1.807) is 24.3 Å². The Hall–Kier alpha value is -3.24. The summed E-state index contributed by atoms with van der Waals surface area (Å²) in [6.07, 6.45) is 0.963. The molecule has 1 aliphatic heterocycles. The second kappa shape index (κ2) is 13.2. The Bertz CT molecular complexity index is 1530. The molecule has 3 aromatic rings. The molecule has 0 bridgehead atoms. The summed E-state index contributed by atoms with van der Waals surface area (Å²) < 4.78 is 74.7. The van der Waals surface area contributed by atoms with Gasteiger partial charge < -0.3 is 24.7 Å². The number of morpholine rings is 1. The highest BCUT2D eigenvalue weighted by molar-refractivity contribution is 7.97. The minimum atomic E-state index is -4.41. The molecule has 0 radical (unpaired) electrons. The normalized spacial score (nSPS) is 21.1. The Morgan fingerprint density at radius 3 is 2.51 bits per heavy atom. The van der Waals surface area contributed by atoms with Crippen molar-refractivity contribution in [2.75, 3.05) is 56.8 Å². The molecule has 1 unspecified atom stereocenters. The van der Waals surface area contributed by atoms with Crippen molar-refractivity contribution in [3.05, 3.63) is 48.2 Å². The van der Waals surface area contributed by atoms with Crippen LogP contribution in [-0.4, -0.2) is 78.5 Å². The lowest BCUT2D eigenvalue weighted by Gasteiger charge is -2.39. The number of methoxy groups -OCH3 is 1. The zero-order valence-electron chi connectivity index (χ0n) is 24.4. The molecule has 232 valence electrons. The molecule has 1 aromatic heterocycles. The molecule has 3 N–H and O–H groups in total. The predicted octanol–water partition coefficient (Wildman–Crippen LogP) is 5.69. The lowest BCUT2D eigenvalue weighted by molar-refractivity contribution is -0.140. The largest absolute Gasteiger partial charge is 0.494 e. The first-order chi connectivity index (χ1) is 20.5. The van der Waals surface area contributed by atoms with E-state index in [1.807, 2.05) is 6.07 Å². The van der Waals surface area contributed by atoms with Crippen molar-refractivity contribution >= 4 is 32.5 Å². The van der Waals surface area contributed by atoms with Crippen LogP contribution in [0.15, 0.2) is 47.4 Å². The van der Waals surface area contributed by atoms with Gasteiger partial charge >= 0.3 is 6.18 Å². The van der Waals surface area contributed by atoms with Gasteiger partial charge in [-0.1, -0.05) is 16.2 Å². The van der Waals surface area contributed by atoms with E-state index in [2.05, 4.69) is 27.4 Å². The summed E-state index contributed by atoms with van der Waals surface area (Å²) in [6.45, 7) is 2.49. The Balaban J connectivity index is 1.32. The highest BCUT2D eigenvalue weighted by atomic mass is 32.3. The Kier molecular flexibility index (Phi) is 9.56. The molecule has 1 aliphatic carbocycles. The Morgan fingerprint density at radius 1 is 1.09 bits per heavy atom. The smallest absolute Gasteiger partial charge is 0.406 e. The molecule has 8 nitrogen and oxygen atoms in total. The monoisotopic (exact) mass is 619 g/mol. The second-order valence-electron chi connectivity index (χ2n) is 11.1. The summed E-state index contributed by atoms with van der Waals surface area (Å²) in [7, 11) is -1.71. The summed E-state index contributed by atoms with van der Waals surface area (Å²) >= 11 is 0. The Labute approximate surface area is 251 Å². The van der Waals surface area contributed by atoms with Crippen molar-refractivity contribution in [2.45, 2.75) is 55.4 Å². The third kappa shape index (κ3) is 7.84. The van der Waals surface area contributed by atoms with Crippen LogP contribution in [0.5, 0.6) is 5.75 Å². The number of fused-ring (bicyclic) bond motifs is 1. The van der Waals surface area contributed by atoms with Gasteiger partial charge in [-0.3, -0.25) is 4.90 Å². The molecular weight excluding hydrogens is 581 g/mol. The van der Waals surface area contributed by atoms with Gasteiger partial charge in [-0.05, 0) is 61.9 Å². The molecule has 2 aliphatic rings. The van der Waals surface area contributed by atoms with Gasteiger partial charge in [0.05, 0.1) is 43.8 Å². The lowest BCUT2D eigenvalue weighted by atomic mass is 9.89. The van der Waals surface area contributed by atoms with Gasteiger partial charge in [0.2, 0.25) is 10.2 Å². The number of hydrogen-bond acceptors (Lipinski definition) is 6. The van der Waals surface area contributed by atoms with Gasteiger partial charge in [0, 0.05) is 42.3 Å². The average molecular weight is 620 g/mol. The SMILES string of the molecule is COc1cc([S+](C)(=O)O)ccc1NCC#Cc1cc2c(NC3CCC(N4CCOCC4)CC3)cccc2n1CC(F)(F)F. The second-order valence-corrected chi connectivity index (χ2v) is 13.2. The minimum Gasteiger partial charge on any atom is -0.494 e. The molecule has 2 fully saturated rings. The maximum absolute atomic E-state index is 13.6. The van der Waals surface area contributed by atoms with Gasteiger partial charge in [-0.25, -0.2) is 0 Å². The quantitative estimate of drug-likeness (QED) is 0.221. The number of hydrogen-bond donors (Lipinski definition) is 3. The molecule has 0 amide bonds. The zero-order valence-corrected chi connectivity index (χ0v) is 25.2. The van der Waals surface area contributed by atoms with Gasteiger partial charge in [0.15, 0.2) is 4.90 Å². The molecule has 0 spiro atoms. The van der Waals surface area contributed by atoms with E-state index in [9.17, 15) is 21.9 Å². The maximum atomic E-state index is 13.6. The highest BCUT2D eigenvalue weighted by Crippen LogP contribution is 2.33. The van der Waals surface area contributed by atoms with E-state index < -0.39 is 22.9 Å². The fourth-order valence-corrected chi connectivity index (χ4v) is 6.58. The van der Waals surface area contributed by atoms with Gasteiger partial charge in [-0.2, -0.15) is 17.7 Å². The van der Waals surface area contributed by atoms with Crippen LogP contribution in [0.3, 0.4) is 0 Å². The highest BCUT2D eigenvalue weighted by Gasteiger charge is 2.31. The van der Waals surface area contributed by atoms with E-state index in [0.717, 1.165) is 57.7 Å². The number of anilines is 2. The molecular formula is C31H38F3N4O4S+. The average Bonchev–Trinajstić information content (AvgIpc) is 3.32. The maximum Gasteiger partial charge on any atom is 0.406 e. The van der Waals surface area contributed by atoms with Crippen LogP contribution in [0.25, 0.3) is 10.9 Å². The van der Waals surface area contributed by atoms with E-state index in [4.69, 9.17) is 9.47 Å². The number of benzene rings is 2. The number of nitrogens with one attached hydrogen (secondary N) is 2. The van der Waals surface area contributed by atoms with E-state index in [0.29, 0.717) is 28.4 Å². The first-order valence-corrected chi connectivity index (χ1v) is 16.3. The van der Waals surface area contributed by atoms with Crippen molar-refractivity contribution in [1.29, 1.82) is 0 Å². The fraction of sp³-hybridized carbons (Fsp3) is 0.484.